The Morgan fingerprint density at radius 2 is 1.70 bits per heavy atom. The molecule has 0 aliphatic carbocycles. The largest absolute Gasteiger partial charge is 0.496 e. The van der Waals surface area contributed by atoms with Crippen molar-refractivity contribution in [1.82, 2.24) is 0 Å². The highest BCUT2D eigenvalue weighted by atomic mass is 79.9. The minimum atomic E-state index is 0.0468. The Hall–Kier alpha value is -2.30. The van der Waals surface area contributed by atoms with Crippen LogP contribution in [0, 0.1) is 0 Å². The van der Waals surface area contributed by atoms with Crippen molar-refractivity contribution in [1.29, 1.82) is 0 Å². The van der Waals surface area contributed by atoms with E-state index in [4.69, 9.17) is 21.4 Å². The van der Waals surface area contributed by atoms with E-state index >= 15 is 0 Å². The molecule has 1 unspecified atom stereocenters. The number of hydrogen-bond acceptors (Lipinski definition) is 3. The quantitative estimate of drug-likeness (QED) is 0.464. The highest BCUT2D eigenvalue weighted by Gasteiger charge is 2.32. The molecule has 3 aromatic rings. The van der Waals surface area contributed by atoms with E-state index in [-0.39, 0.29) is 6.04 Å². The van der Waals surface area contributed by atoms with Gasteiger partial charge in [0.1, 0.15) is 5.75 Å². The van der Waals surface area contributed by atoms with Crippen LogP contribution in [0.4, 0.5) is 5.69 Å². The normalized spacial score (nSPS) is 16.3. The van der Waals surface area contributed by atoms with Gasteiger partial charge in [-0.15, -0.1) is 0 Å². The minimum Gasteiger partial charge on any atom is -0.496 e. The molecule has 0 bridgehead atoms. The Labute approximate surface area is 172 Å². The highest BCUT2D eigenvalue weighted by Crippen LogP contribution is 2.42. The van der Waals surface area contributed by atoms with Gasteiger partial charge in [0.05, 0.1) is 24.6 Å². The van der Waals surface area contributed by atoms with Gasteiger partial charge < -0.3 is 4.74 Å². The standard InChI is InChI=1S/C22H18BrClN2O/c1-27-22-9-5-2-6-17(22)21-14-19(15-10-12-16(24)13-11-15)25-26(21)20-8-4-3-7-18(20)23/h2-13,21H,14H2,1H3. The molecule has 0 amide bonds. The Morgan fingerprint density at radius 1 is 1.00 bits per heavy atom. The lowest BCUT2D eigenvalue weighted by molar-refractivity contribution is 0.405. The van der Waals surface area contributed by atoms with Crippen molar-refractivity contribution in [3.8, 4) is 5.75 Å². The van der Waals surface area contributed by atoms with Crippen molar-refractivity contribution in [3.05, 3.63) is 93.4 Å². The summed E-state index contributed by atoms with van der Waals surface area (Å²) in [4.78, 5) is 0. The first-order chi connectivity index (χ1) is 13.2. The second kappa shape index (κ2) is 7.75. The van der Waals surface area contributed by atoms with Gasteiger partial charge in [-0.2, -0.15) is 5.10 Å². The second-order valence-electron chi connectivity index (χ2n) is 6.31. The third-order valence-electron chi connectivity index (χ3n) is 4.69. The molecule has 0 spiro atoms. The summed E-state index contributed by atoms with van der Waals surface area (Å²) in [5.41, 5.74) is 4.24. The molecule has 3 nitrogen and oxygen atoms in total. The number of halogens is 2. The number of ether oxygens (including phenoxy) is 1. The number of anilines is 1. The van der Waals surface area contributed by atoms with E-state index in [0.717, 1.165) is 44.2 Å². The van der Waals surface area contributed by atoms with Crippen LogP contribution in [0.1, 0.15) is 23.6 Å². The molecule has 1 aliphatic heterocycles. The topological polar surface area (TPSA) is 24.8 Å². The first-order valence-corrected chi connectivity index (χ1v) is 9.84. The van der Waals surface area contributed by atoms with Crippen molar-refractivity contribution in [3.63, 3.8) is 0 Å². The third kappa shape index (κ3) is 3.60. The van der Waals surface area contributed by atoms with Gasteiger partial charge in [0.15, 0.2) is 0 Å². The monoisotopic (exact) mass is 440 g/mol. The summed E-state index contributed by atoms with van der Waals surface area (Å²) < 4.78 is 6.63. The Kier molecular flexibility index (Phi) is 5.19. The van der Waals surface area contributed by atoms with Crippen LogP contribution in [-0.4, -0.2) is 12.8 Å². The van der Waals surface area contributed by atoms with E-state index in [9.17, 15) is 0 Å². The van der Waals surface area contributed by atoms with Crippen LogP contribution in [0.3, 0.4) is 0 Å². The van der Waals surface area contributed by atoms with Crippen LogP contribution >= 0.6 is 27.5 Å². The van der Waals surface area contributed by atoms with E-state index in [1.54, 1.807) is 7.11 Å². The molecular weight excluding hydrogens is 424 g/mol. The average molecular weight is 442 g/mol. The predicted molar refractivity (Wildman–Crippen MR) is 115 cm³/mol. The number of methoxy groups -OCH3 is 1. The number of benzene rings is 3. The highest BCUT2D eigenvalue weighted by molar-refractivity contribution is 9.10. The predicted octanol–water partition coefficient (Wildman–Crippen LogP) is 6.47. The van der Waals surface area contributed by atoms with Gasteiger partial charge in [0, 0.05) is 21.5 Å². The molecule has 1 atom stereocenters. The Balaban J connectivity index is 1.80. The molecule has 0 radical (unpaired) electrons. The van der Waals surface area contributed by atoms with Gasteiger partial charge >= 0.3 is 0 Å². The van der Waals surface area contributed by atoms with Crippen LogP contribution in [0.25, 0.3) is 0 Å². The van der Waals surface area contributed by atoms with E-state index in [0.29, 0.717) is 0 Å². The molecule has 0 fully saturated rings. The van der Waals surface area contributed by atoms with Gasteiger partial charge in [-0.1, -0.05) is 54.1 Å². The molecule has 5 heteroatoms. The number of rotatable bonds is 4. The fraction of sp³-hybridized carbons (Fsp3) is 0.136. The van der Waals surface area contributed by atoms with E-state index in [1.807, 2.05) is 60.7 Å². The molecule has 136 valence electrons. The number of nitrogens with zero attached hydrogens (tertiary/aromatic N) is 2. The summed E-state index contributed by atoms with van der Waals surface area (Å²) in [5.74, 6) is 0.868. The summed E-state index contributed by atoms with van der Waals surface area (Å²) in [6.45, 7) is 0. The molecule has 0 N–H and O–H groups in total. The second-order valence-corrected chi connectivity index (χ2v) is 7.60. The van der Waals surface area contributed by atoms with E-state index in [2.05, 4.69) is 33.1 Å². The van der Waals surface area contributed by atoms with Crippen molar-refractivity contribution in [2.45, 2.75) is 12.5 Å². The van der Waals surface area contributed by atoms with Crippen molar-refractivity contribution >= 4 is 38.9 Å². The van der Waals surface area contributed by atoms with Gasteiger partial charge in [-0.05, 0) is 51.8 Å². The molecule has 1 aliphatic rings. The van der Waals surface area contributed by atoms with Gasteiger partial charge in [0.2, 0.25) is 0 Å². The van der Waals surface area contributed by atoms with Crippen molar-refractivity contribution in [2.75, 3.05) is 12.1 Å². The lowest BCUT2D eigenvalue weighted by Gasteiger charge is -2.26. The summed E-state index contributed by atoms with van der Waals surface area (Å²) >= 11 is 9.72. The smallest absolute Gasteiger partial charge is 0.124 e. The van der Waals surface area contributed by atoms with Crippen LogP contribution in [0.15, 0.2) is 82.4 Å². The SMILES string of the molecule is COc1ccccc1C1CC(c2ccc(Cl)cc2)=NN1c1ccccc1Br. The summed E-state index contributed by atoms with van der Waals surface area (Å²) in [6.07, 6.45) is 0.781. The van der Waals surface area contributed by atoms with Crippen LogP contribution in [0.5, 0.6) is 5.75 Å². The first kappa shape index (κ1) is 18.1. The molecule has 4 rings (SSSR count). The third-order valence-corrected chi connectivity index (χ3v) is 5.61. The molecule has 27 heavy (non-hydrogen) atoms. The van der Waals surface area contributed by atoms with E-state index in [1.165, 1.54) is 0 Å². The number of hydrogen-bond donors (Lipinski definition) is 0. The maximum absolute atomic E-state index is 6.05. The van der Waals surface area contributed by atoms with Crippen LogP contribution < -0.4 is 9.75 Å². The van der Waals surface area contributed by atoms with Gasteiger partial charge in [0.25, 0.3) is 0 Å². The summed E-state index contributed by atoms with van der Waals surface area (Å²) in [6, 6.07) is 24.1. The number of hydrazone groups is 1. The minimum absolute atomic E-state index is 0.0468. The fourth-order valence-electron chi connectivity index (χ4n) is 3.37. The van der Waals surface area contributed by atoms with Gasteiger partial charge in [-0.3, -0.25) is 5.01 Å². The lowest BCUT2D eigenvalue weighted by atomic mass is 9.97. The molecule has 0 aromatic heterocycles. The Morgan fingerprint density at radius 3 is 2.44 bits per heavy atom. The Bertz CT molecular complexity index is 988. The van der Waals surface area contributed by atoms with Crippen molar-refractivity contribution < 1.29 is 4.74 Å². The molecule has 3 aromatic carbocycles. The van der Waals surface area contributed by atoms with Crippen molar-refractivity contribution in [2.24, 2.45) is 5.10 Å². The molecule has 0 saturated carbocycles. The van der Waals surface area contributed by atoms with Crippen LogP contribution in [-0.2, 0) is 0 Å². The molecule has 0 saturated heterocycles. The maximum Gasteiger partial charge on any atom is 0.124 e. The van der Waals surface area contributed by atoms with E-state index < -0.39 is 0 Å². The van der Waals surface area contributed by atoms with Gasteiger partial charge in [-0.25, -0.2) is 0 Å². The fourth-order valence-corrected chi connectivity index (χ4v) is 3.96. The lowest BCUT2D eigenvalue weighted by Crippen LogP contribution is -2.19. The zero-order chi connectivity index (χ0) is 18.8. The summed E-state index contributed by atoms with van der Waals surface area (Å²) in [5, 5.41) is 7.77. The van der Waals surface area contributed by atoms with Crippen LogP contribution in [0.2, 0.25) is 5.02 Å². The maximum atomic E-state index is 6.05. The first-order valence-electron chi connectivity index (χ1n) is 8.67. The molecule has 1 heterocycles. The zero-order valence-electron chi connectivity index (χ0n) is 14.8. The number of para-hydroxylation sites is 2. The molecular formula is C22H18BrClN2O. The average Bonchev–Trinajstić information content (AvgIpc) is 3.13. The zero-order valence-corrected chi connectivity index (χ0v) is 17.1. The summed E-state index contributed by atoms with van der Waals surface area (Å²) in [7, 11) is 1.71.